The molecule has 0 aliphatic carbocycles. The molecule has 2 rings (SSSR count). The summed E-state index contributed by atoms with van der Waals surface area (Å²) in [5.41, 5.74) is 1.71. The zero-order chi connectivity index (χ0) is 14.8. The lowest BCUT2D eigenvalue weighted by molar-refractivity contribution is 0.473. The average molecular weight is 295 g/mol. The van der Waals surface area contributed by atoms with Crippen molar-refractivity contribution < 1.29 is 13.5 Å². The Hall–Kier alpha value is -1.86. The molecule has 0 aliphatic rings. The number of nitrogens with zero attached hydrogens (tertiary/aromatic N) is 2. The van der Waals surface area contributed by atoms with E-state index in [9.17, 15) is 13.5 Å². The number of aromatic nitrogens is 2. The number of benzene rings is 1. The molecule has 2 aromatic rings. The van der Waals surface area contributed by atoms with Gasteiger partial charge in [-0.1, -0.05) is 13.0 Å². The van der Waals surface area contributed by atoms with Gasteiger partial charge in [0.25, 0.3) is 0 Å². The number of phenolic OH excluding ortho intramolecular Hbond substituents is 1. The number of sulfonamides is 1. The van der Waals surface area contributed by atoms with E-state index in [-0.39, 0.29) is 17.2 Å². The Morgan fingerprint density at radius 3 is 2.80 bits per heavy atom. The molecule has 1 aromatic carbocycles. The fourth-order valence-corrected chi connectivity index (χ4v) is 2.98. The van der Waals surface area contributed by atoms with Crippen LogP contribution in [0.4, 0.5) is 0 Å². The van der Waals surface area contributed by atoms with Crippen LogP contribution in [0.25, 0.3) is 0 Å². The summed E-state index contributed by atoms with van der Waals surface area (Å²) >= 11 is 0. The van der Waals surface area contributed by atoms with Crippen molar-refractivity contribution in [3.8, 4) is 5.75 Å². The highest BCUT2D eigenvalue weighted by atomic mass is 32.2. The molecule has 0 saturated carbocycles. The first-order valence-electron chi connectivity index (χ1n) is 6.22. The van der Waals surface area contributed by atoms with Crippen LogP contribution in [0.5, 0.6) is 5.75 Å². The smallest absolute Gasteiger partial charge is 0.241 e. The molecule has 0 fully saturated rings. The molecule has 20 heavy (non-hydrogen) atoms. The Kier molecular flexibility index (Phi) is 4.10. The molecule has 7 heteroatoms. The van der Waals surface area contributed by atoms with Gasteiger partial charge in [-0.3, -0.25) is 4.68 Å². The van der Waals surface area contributed by atoms with Crippen molar-refractivity contribution >= 4 is 10.0 Å². The van der Waals surface area contributed by atoms with E-state index in [4.69, 9.17) is 0 Å². The minimum atomic E-state index is -3.64. The first kappa shape index (κ1) is 14.5. The fourth-order valence-electron chi connectivity index (χ4n) is 1.94. The molecule has 0 amide bonds. The molecule has 0 saturated heterocycles. The zero-order valence-electron chi connectivity index (χ0n) is 11.4. The Morgan fingerprint density at radius 1 is 1.40 bits per heavy atom. The van der Waals surface area contributed by atoms with Crippen LogP contribution in [0.15, 0.2) is 35.4 Å². The predicted molar refractivity (Wildman–Crippen MR) is 74.7 cm³/mol. The second-order valence-electron chi connectivity index (χ2n) is 4.45. The highest BCUT2D eigenvalue weighted by Gasteiger charge is 2.15. The summed E-state index contributed by atoms with van der Waals surface area (Å²) in [7, 11) is -1.85. The third kappa shape index (κ3) is 3.17. The van der Waals surface area contributed by atoms with Crippen molar-refractivity contribution in [1.29, 1.82) is 0 Å². The zero-order valence-corrected chi connectivity index (χ0v) is 12.2. The normalized spacial score (nSPS) is 11.7. The van der Waals surface area contributed by atoms with Gasteiger partial charge in [0.05, 0.1) is 10.6 Å². The fraction of sp³-hybridized carbons (Fsp3) is 0.308. The summed E-state index contributed by atoms with van der Waals surface area (Å²) in [4.78, 5) is 0.0411. The quantitative estimate of drug-likeness (QED) is 0.867. The summed E-state index contributed by atoms with van der Waals surface area (Å²) in [6.07, 6.45) is 2.54. The maximum Gasteiger partial charge on any atom is 0.241 e. The van der Waals surface area contributed by atoms with Gasteiger partial charge < -0.3 is 5.11 Å². The summed E-state index contributed by atoms with van der Waals surface area (Å²) in [6, 6.07) is 5.57. The first-order valence-corrected chi connectivity index (χ1v) is 7.71. The van der Waals surface area contributed by atoms with Crippen LogP contribution in [0.1, 0.15) is 18.2 Å². The molecule has 0 aliphatic heterocycles. The van der Waals surface area contributed by atoms with Crippen molar-refractivity contribution in [3.05, 3.63) is 41.7 Å². The standard InChI is InChI=1S/C13H17N3O3S/c1-3-13-10(9-16(2)15-13)8-14-20(18,19)12-6-4-5-11(17)7-12/h4-7,9,14,17H,3,8H2,1-2H3. The Bertz CT molecular complexity index is 707. The number of hydrogen-bond acceptors (Lipinski definition) is 4. The van der Waals surface area contributed by atoms with Crippen molar-refractivity contribution in [2.75, 3.05) is 0 Å². The van der Waals surface area contributed by atoms with Gasteiger partial charge in [0.1, 0.15) is 5.75 Å². The van der Waals surface area contributed by atoms with Crippen LogP contribution < -0.4 is 4.72 Å². The van der Waals surface area contributed by atoms with E-state index in [0.717, 1.165) is 17.7 Å². The molecule has 1 aromatic heterocycles. The molecule has 108 valence electrons. The van der Waals surface area contributed by atoms with E-state index in [0.29, 0.717) is 0 Å². The van der Waals surface area contributed by atoms with Crippen LogP contribution in [0.2, 0.25) is 0 Å². The van der Waals surface area contributed by atoms with E-state index in [2.05, 4.69) is 9.82 Å². The average Bonchev–Trinajstić information content (AvgIpc) is 2.77. The highest BCUT2D eigenvalue weighted by molar-refractivity contribution is 7.89. The molecule has 0 bridgehead atoms. The van der Waals surface area contributed by atoms with Crippen LogP contribution in [0.3, 0.4) is 0 Å². The minimum absolute atomic E-state index is 0.0411. The topological polar surface area (TPSA) is 84.2 Å². The maximum atomic E-state index is 12.1. The summed E-state index contributed by atoms with van der Waals surface area (Å²) in [5.74, 6) is -0.0801. The van der Waals surface area contributed by atoms with Crippen molar-refractivity contribution in [1.82, 2.24) is 14.5 Å². The van der Waals surface area contributed by atoms with Gasteiger partial charge in [-0.2, -0.15) is 5.10 Å². The van der Waals surface area contributed by atoms with E-state index < -0.39 is 10.0 Å². The molecule has 0 radical (unpaired) electrons. The van der Waals surface area contributed by atoms with Gasteiger partial charge in [-0.05, 0) is 24.6 Å². The number of rotatable bonds is 5. The second kappa shape index (κ2) is 5.64. The highest BCUT2D eigenvalue weighted by Crippen LogP contribution is 2.16. The Balaban J connectivity index is 2.17. The molecule has 0 unspecified atom stereocenters. The predicted octanol–water partition coefficient (Wildman–Crippen LogP) is 1.17. The lowest BCUT2D eigenvalue weighted by Crippen LogP contribution is -2.23. The van der Waals surface area contributed by atoms with E-state index in [1.807, 2.05) is 6.92 Å². The second-order valence-corrected chi connectivity index (χ2v) is 6.22. The SMILES string of the molecule is CCc1nn(C)cc1CNS(=O)(=O)c1cccc(O)c1. The summed E-state index contributed by atoms with van der Waals surface area (Å²) in [6.45, 7) is 2.14. The van der Waals surface area contributed by atoms with Crippen molar-refractivity contribution in [2.24, 2.45) is 7.05 Å². The number of phenols is 1. The number of aromatic hydroxyl groups is 1. The molecule has 1 heterocycles. The van der Waals surface area contributed by atoms with E-state index in [1.54, 1.807) is 17.9 Å². The molecule has 2 N–H and O–H groups in total. The van der Waals surface area contributed by atoms with Gasteiger partial charge in [-0.25, -0.2) is 13.1 Å². The van der Waals surface area contributed by atoms with Gasteiger partial charge in [0.15, 0.2) is 0 Å². The minimum Gasteiger partial charge on any atom is -0.508 e. The first-order chi connectivity index (χ1) is 9.42. The third-order valence-corrected chi connectivity index (χ3v) is 4.31. The Morgan fingerprint density at radius 2 is 2.15 bits per heavy atom. The third-order valence-electron chi connectivity index (χ3n) is 2.91. The van der Waals surface area contributed by atoms with Crippen LogP contribution in [-0.2, 0) is 30.0 Å². The van der Waals surface area contributed by atoms with Crippen molar-refractivity contribution in [3.63, 3.8) is 0 Å². The molecule has 0 atom stereocenters. The summed E-state index contributed by atoms with van der Waals surface area (Å²) in [5, 5.41) is 13.6. The van der Waals surface area contributed by atoms with Crippen LogP contribution in [0, 0.1) is 0 Å². The maximum absolute atomic E-state index is 12.1. The van der Waals surface area contributed by atoms with Crippen LogP contribution >= 0.6 is 0 Å². The van der Waals surface area contributed by atoms with Gasteiger partial charge in [0, 0.05) is 25.4 Å². The summed E-state index contributed by atoms with van der Waals surface area (Å²) < 4.78 is 28.4. The number of hydrogen-bond donors (Lipinski definition) is 2. The monoisotopic (exact) mass is 295 g/mol. The van der Waals surface area contributed by atoms with Crippen molar-refractivity contribution in [2.45, 2.75) is 24.8 Å². The number of nitrogens with one attached hydrogen (secondary N) is 1. The van der Waals surface area contributed by atoms with E-state index >= 15 is 0 Å². The number of aryl methyl sites for hydroxylation is 2. The largest absolute Gasteiger partial charge is 0.508 e. The van der Waals surface area contributed by atoms with Gasteiger partial charge >= 0.3 is 0 Å². The van der Waals surface area contributed by atoms with Gasteiger partial charge in [-0.15, -0.1) is 0 Å². The molecule has 6 nitrogen and oxygen atoms in total. The molecular formula is C13H17N3O3S. The molecule has 0 spiro atoms. The molecular weight excluding hydrogens is 278 g/mol. The lowest BCUT2D eigenvalue weighted by Gasteiger charge is -2.06. The van der Waals surface area contributed by atoms with Crippen LogP contribution in [-0.4, -0.2) is 23.3 Å². The van der Waals surface area contributed by atoms with E-state index in [1.165, 1.54) is 24.3 Å². The lowest BCUT2D eigenvalue weighted by atomic mass is 10.2. The Labute approximate surface area is 118 Å². The van der Waals surface area contributed by atoms with Gasteiger partial charge in [0.2, 0.25) is 10.0 Å².